The molecule has 1 aromatic rings. The van der Waals surface area contributed by atoms with Crippen LogP contribution in [0.4, 0.5) is 4.79 Å². The fraction of sp³-hybridized carbons (Fsp3) is 0.710. The van der Waals surface area contributed by atoms with E-state index in [-0.39, 0.29) is 12.7 Å². The summed E-state index contributed by atoms with van der Waals surface area (Å²) in [5.74, 6) is 0. The quantitative estimate of drug-likeness (QED) is 0.221. The van der Waals surface area contributed by atoms with Crippen LogP contribution in [-0.4, -0.2) is 63.9 Å². The Hall–Kier alpha value is -1.05. The van der Waals surface area contributed by atoms with Gasteiger partial charge in [0, 0.05) is 0 Å². The molecule has 0 spiro atoms. The fourth-order valence-corrected chi connectivity index (χ4v) is 24.3. The van der Waals surface area contributed by atoms with Gasteiger partial charge in [-0.15, -0.1) is 0 Å². The molecule has 2 rings (SSSR count). The van der Waals surface area contributed by atoms with Gasteiger partial charge in [-0.1, -0.05) is 0 Å². The summed E-state index contributed by atoms with van der Waals surface area (Å²) >= 11 is -3.19. The third-order valence-electron chi connectivity index (χ3n) is 7.82. The summed E-state index contributed by atoms with van der Waals surface area (Å²) in [6.07, 6.45) is 9.79. The minimum atomic E-state index is -3.19. The van der Waals surface area contributed by atoms with Crippen molar-refractivity contribution in [3.05, 3.63) is 45.6 Å². The molecule has 1 aliphatic heterocycles. The van der Waals surface area contributed by atoms with Gasteiger partial charge in [0.05, 0.1) is 0 Å². The average molecular weight is 622 g/mol. The number of benzene rings is 1. The van der Waals surface area contributed by atoms with E-state index in [9.17, 15) is 15.0 Å². The molecule has 0 saturated carbocycles. The second-order valence-electron chi connectivity index (χ2n) is 11.9. The topological polar surface area (TPSA) is 70.0 Å². The van der Waals surface area contributed by atoms with E-state index in [4.69, 9.17) is 4.74 Å². The molecule has 0 aromatic heterocycles. The molecule has 0 bridgehead atoms. The van der Waals surface area contributed by atoms with E-state index in [1.807, 2.05) is 57.2 Å². The summed E-state index contributed by atoms with van der Waals surface area (Å²) in [7, 11) is 0. The summed E-state index contributed by atoms with van der Waals surface area (Å²) in [5.41, 5.74) is -0.893. The molecule has 210 valence electrons. The van der Waals surface area contributed by atoms with Crippen LogP contribution in [0.1, 0.15) is 105 Å². The molecule has 1 aliphatic rings. The van der Waals surface area contributed by atoms with Crippen LogP contribution in [0.2, 0.25) is 13.3 Å². The van der Waals surface area contributed by atoms with Crippen LogP contribution in [0.15, 0.2) is 40.0 Å². The number of piperidine rings is 1. The number of hydrogen-bond acceptors (Lipinski definition) is 4. The van der Waals surface area contributed by atoms with E-state index in [1.54, 1.807) is 4.90 Å². The van der Waals surface area contributed by atoms with E-state index < -0.39 is 35.6 Å². The fourth-order valence-electron chi connectivity index (χ4n) is 6.20. The van der Waals surface area contributed by atoms with Crippen molar-refractivity contribution in [2.24, 2.45) is 0 Å². The maximum atomic E-state index is 13.6. The molecule has 0 aliphatic carbocycles. The van der Waals surface area contributed by atoms with Gasteiger partial charge in [0.1, 0.15) is 0 Å². The van der Waals surface area contributed by atoms with Gasteiger partial charge in [0.15, 0.2) is 0 Å². The Bertz CT molecular complexity index is 829. The summed E-state index contributed by atoms with van der Waals surface area (Å²) < 4.78 is 10.6. The van der Waals surface area contributed by atoms with Gasteiger partial charge in [0.25, 0.3) is 0 Å². The van der Waals surface area contributed by atoms with Gasteiger partial charge >= 0.3 is 231 Å². The normalized spacial score (nSPS) is 21.2. The summed E-state index contributed by atoms with van der Waals surface area (Å²) in [5, 5.41) is 23.3. The Kier molecular flexibility index (Phi) is 13.0. The second kappa shape index (κ2) is 14.9. The van der Waals surface area contributed by atoms with Crippen LogP contribution < -0.4 is 0 Å². The van der Waals surface area contributed by atoms with Crippen molar-refractivity contribution in [3.63, 3.8) is 0 Å². The number of likely N-dealkylation sites (tertiary alicyclic amines) is 1. The van der Waals surface area contributed by atoms with Crippen molar-refractivity contribution in [3.8, 4) is 0 Å². The number of aliphatic hydroxyl groups excluding tert-OH is 1. The number of carbonyl (C=O) groups excluding carboxylic acids is 1. The third-order valence-corrected chi connectivity index (χ3v) is 24.1. The molecule has 5 nitrogen and oxygen atoms in total. The van der Waals surface area contributed by atoms with Gasteiger partial charge < -0.3 is 0 Å². The predicted molar refractivity (Wildman–Crippen MR) is 156 cm³/mol. The van der Waals surface area contributed by atoms with Crippen LogP contribution in [0, 0.1) is 0 Å². The summed E-state index contributed by atoms with van der Waals surface area (Å²) in [6, 6.07) is 9.45. The van der Waals surface area contributed by atoms with E-state index in [2.05, 4.69) is 20.8 Å². The molecule has 1 saturated heterocycles. The molecule has 1 amide bonds. The van der Waals surface area contributed by atoms with Crippen LogP contribution in [0.5, 0.6) is 0 Å². The molecule has 1 heterocycles. The van der Waals surface area contributed by atoms with Crippen molar-refractivity contribution in [2.45, 2.75) is 123 Å². The Morgan fingerprint density at radius 2 is 1.59 bits per heavy atom. The summed E-state index contributed by atoms with van der Waals surface area (Å²) in [4.78, 5) is 15.3. The Balaban J connectivity index is 2.74. The number of hydrogen-bond donors (Lipinski definition) is 2. The number of unbranched alkanes of at least 4 members (excludes halogenated alkanes) is 3. The first-order chi connectivity index (χ1) is 17.6. The molecule has 1 aromatic carbocycles. The Labute approximate surface area is 230 Å². The number of nitrogens with zero attached hydrogens (tertiary/aromatic N) is 1. The molecule has 0 unspecified atom stereocenters. The number of ether oxygens (including phenoxy) is 1. The average Bonchev–Trinajstić information content (AvgIpc) is 2.86. The van der Waals surface area contributed by atoms with Crippen LogP contribution in [-0.2, 0) is 4.74 Å². The minimum absolute atomic E-state index is 0.0748. The van der Waals surface area contributed by atoms with E-state index in [0.29, 0.717) is 19.4 Å². The zero-order chi connectivity index (χ0) is 27.5. The van der Waals surface area contributed by atoms with Crippen molar-refractivity contribution in [2.75, 3.05) is 13.2 Å². The summed E-state index contributed by atoms with van der Waals surface area (Å²) in [6.45, 7) is 12.9. The van der Waals surface area contributed by atoms with Crippen LogP contribution in [0.25, 0.3) is 0 Å². The standard InChI is InChI=1S/C19H26NO4.3C4H9.Sn/c1-18(2,3)24-17(22)20-13-7-11-19(23,12-8-14-21)16(20)15-9-5-4-6-10-15;3*1-3-4-2;/h4-6,8-10,16,21,23H,7,11,13-14H2,1-3H3;3*1,3-4H2,2H3;/t16-,19-;;;;/m0..../s1. The van der Waals surface area contributed by atoms with Crippen LogP contribution in [0.3, 0.4) is 0 Å². The first-order valence-corrected chi connectivity index (χ1v) is 22.2. The number of amides is 1. The maximum absolute atomic E-state index is 13.6. The first-order valence-electron chi connectivity index (χ1n) is 14.7. The zero-order valence-electron chi connectivity index (χ0n) is 24.4. The molecule has 6 heteroatoms. The van der Waals surface area contributed by atoms with Crippen LogP contribution >= 0.6 is 0 Å². The second-order valence-corrected chi connectivity index (χ2v) is 25.0. The molecular formula is C31H53NO4Sn. The van der Waals surface area contributed by atoms with Gasteiger partial charge in [-0.3, -0.25) is 0 Å². The van der Waals surface area contributed by atoms with Crippen molar-refractivity contribution < 1.29 is 19.7 Å². The molecular weight excluding hydrogens is 569 g/mol. The first kappa shape index (κ1) is 32.2. The Morgan fingerprint density at radius 1 is 1.05 bits per heavy atom. The van der Waals surface area contributed by atoms with Gasteiger partial charge in [0.2, 0.25) is 0 Å². The SMILES string of the molecule is CCC[CH2][Sn]([CH2]CCC)([CH2]CCC)[C](=CCO)[C@@]1(O)CCCN(C(=O)OC(C)(C)C)[C@H]1c1ccccc1. The zero-order valence-corrected chi connectivity index (χ0v) is 27.2. The van der Waals surface area contributed by atoms with Gasteiger partial charge in [-0.05, 0) is 0 Å². The molecule has 2 N–H and O–H groups in total. The number of carbonyl (C=O) groups is 1. The van der Waals surface area contributed by atoms with E-state index in [1.165, 1.54) is 13.3 Å². The van der Waals surface area contributed by atoms with Crippen molar-refractivity contribution in [1.29, 1.82) is 0 Å². The number of aliphatic hydroxyl groups is 2. The third kappa shape index (κ3) is 8.46. The van der Waals surface area contributed by atoms with E-state index in [0.717, 1.165) is 47.7 Å². The van der Waals surface area contributed by atoms with E-state index >= 15 is 0 Å². The van der Waals surface area contributed by atoms with Gasteiger partial charge in [-0.2, -0.15) is 0 Å². The monoisotopic (exact) mass is 623 g/mol. The molecule has 0 radical (unpaired) electrons. The molecule has 37 heavy (non-hydrogen) atoms. The molecule has 1 fully saturated rings. The van der Waals surface area contributed by atoms with Crippen molar-refractivity contribution in [1.82, 2.24) is 4.90 Å². The van der Waals surface area contributed by atoms with Gasteiger partial charge in [-0.25, -0.2) is 0 Å². The Morgan fingerprint density at radius 3 is 2.05 bits per heavy atom. The molecule has 2 atom stereocenters. The number of rotatable bonds is 13. The predicted octanol–water partition coefficient (Wildman–Crippen LogP) is 7.80. The van der Waals surface area contributed by atoms with Crippen molar-refractivity contribution >= 4 is 24.5 Å².